The van der Waals surface area contributed by atoms with Crippen molar-refractivity contribution in [2.24, 2.45) is 0 Å². The molecule has 0 saturated carbocycles. The third-order valence-corrected chi connectivity index (χ3v) is 3.71. The van der Waals surface area contributed by atoms with Crippen molar-refractivity contribution in [2.45, 2.75) is 12.5 Å². The highest BCUT2D eigenvalue weighted by Crippen LogP contribution is 2.26. The van der Waals surface area contributed by atoms with Gasteiger partial charge in [-0.25, -0.2) is 8.78 Å². The fourth-order valence-corrected chi connectivity index (χ4v) is 2.24. The maximum absolute atomic E-state index is 13.8. The minimum absolute atomic E-state index is 0.161. The second kappa shape index (κ2) is 6.07. The second-order valence-electron chi connectivity index (χ2n) is 3.94. The summed E-state index contributed by atoms with van der Waals surface area (Å²) in [7, 11) is 0. The monoisotopic (exact) mass is 391 g/mol. The third kappa shape index (κ3) is 3.38. The summed E-state index contributed by atoms with van der Waals surface area (Å²) in [5.74, 6) is -1.38. The Labute approximate surface area is 125 Å². The average Bonchev–Trinajstić information content (AvgIpc) is 2.40. The van der Waals surface area contributed by atoms with Crippen molar-refractivity contribution in [2.75, 3.05) is 0 Å². The third-order valence-electron chi connectivity index (χ3n) is 2.63. The molecular formula is C13H9Br2F2NO. The molecule has 0 aliphatic carbocycles. The van der Waals surface area contributed by atoms with Crippen LogP contribution in [0.5, 0.6) is 0 Å². The lowest BCUT2D eigenvalue weighted by Crippen LogP contribution is -2.07. The summed E-state index contributed by atoms with van der Waals surface area (Å²) < 4.78 is 28.3. The first-order valence-electron chi connectivity index (χ1n) is 5.41. The number of rotatable bonds is 3. The van der Waals surface area contributed by atoms with Crippen LogP contribution in [0.25, 0.3) is 0 Å². The maximum atomic E-state index is 13.8. The number of pyridine rings is 1. The molecule has 6 heteroatoms. The van der Waals surface area contributed by atoms with E-state index in [1.807, 2.05) is 0 Å². The molecule has 1 heterocycles. The van der Waals surface area contributed by atoms with Crippen molar-refractivity contribution in [3.05, 3.63) is 62.3 Å². The van der Waals surface area contributed by atoms with Gasteiger partial charge in [-0.3, -0.25) is 4.98 Å². The highest BCUT2D eigenvalue weighted by molar-refractivity contribution is 9.10. The molecule has 2 nitrogen and oxygen atoms in total. The number of halogens is 4. The number of benzene rings is 1. The SMILES string of the molecule is OC(Cc1c(F)ccc(Br)c1F)c1ccc(Br)cn1. The van der Waals surface area contributed by atoms with E-state index in [1.165, 1.54) is 12.3 Å². The topological polar surface area (TPSA) is 33.1 Å². The predicted molar refractivity (Wildman–Crippen MR) is 74.7 cm³/mol. The molecule has 1 N–H and O–H groups in total. The van der Waals surface area contributed by atoms with E-state index in [2.05, 4.69) is 36.8 Å². The van der Waals surface area contributed by atoms with E-state index in [-0.39, 0.29) is 16.5 Å². The molecule has 0 amide bonds. The number of aromatic nitrogens is 1. The lowest BCUT2D eigenvalue weighted by molar-refractivity contribution is 0.171. The van der Waals surface area contributed by atoms with Crippen molar-refractivity contribution in [1.29, 1.82) is 0 Å². The molecule has 0 bridgehead atoms. The average molecular weight is 393 g/mol. The molecule has 0 aliphatic rings. The summed E-state index contributed by atoms with van der Waals surface area (Å²) in [5, 5.41) is 9.98. The van der Waals surface area contributed by atoms with E-state index in [0.29, 0.717) is 5.69 Å². The molecule has 1 atom stereocenters. The fraction of sp³-hybridized carbons (Fsp3) is 0.154. The Bertz CT molecular complexity index is 590. The highest BCUT2D eigenvalue weighted by Gasteiger charge is 2.18. The van der Waals surface area contributed by atoms with Gasteiger partial charge >= 0.3 is 0 Å². The maximum Gasteiger partial charge on any atom is 0.143 e. The van der Waals surface area contributed by atoms with E-state index >= 15 is 0 Å². The largest absolute Gasteiger partial charge is 0.386 e. The molecule has 0 spiro atoms. The van der Waals surface area contributed by atoms with Gasteiger partial charge in [0.25, 0.3) is 0 Å². The Morgan fingerprint density at radius 2 is 1.89 bits per heavy atom. The zero-order valence-electron chi connectivity index (χ0n) is 9.58. The molecule has 0 saturated heterocycles. The Hall–Kier alpha value is -0.850. The van der Waals surface area contributed by atoms with Crippen LogP contribution < -0.4 is 0 Å². The minimum Gasteiger partial charge on any atom is -0.386 e. The summed E-state index contributed by atoms with van der Waals surface area (Å²) >= 11 is 6.21. The molecule has 19 heavy (non-hydrogen) atoms. The van der Waals surface area contributed by atoms with Gasteiger partial charge in [0.1, 0.15) is 17.7 Å². The highest BCUT2D eigenvalue weighted by atomic mass is 79.9. The van der Waals surface area contributed by atoms with Gasteiger partial charge in [-0.15, -0.1) is 0 Å². The van der Waals surface area contributed by atoms with Crippen molar-refractivity contribution in [1.82, 2.24) is 4.98 Å². The predicted octanol–water partition coefficient (Wildman–Crippen LogP) is 4.16. The smallest absolute Gasteiger partial charge is 0.143 e. The van der Waals surface area contributed by atoms with Gasteiger partial charge in [0.05, 0.1) is 10.2 Å². The van der Waals surface area contributed by atoms with Gasteiger partial charge < -0.3 is 5.11 Å². The molecule has 0 fully saturated rings. The van der Waals surface area contributed by atoms with Crippen LogP contribution in [0.2, 0.25) is 0 Å². The second-order valence-corrected chi connectivity index (χ2v) is 5.71. The lowest BCUT2D eigenvalue weighted by Gasteiger charge is -2.12. The molecule has 1 aromatic heterocycles. The zero-order chi connectivity index (χ0) is 14.0. The van der Waals surface area contributed by atoms with Crippen LogP contribution in [-0.4, -0.2) is 10.1 Å². The Morgan fingerprint density at radius 1 is 1.16 bits per heavy atom. The molecule has 1 aromatic carbocycles. The van der Waals surface area contributed by atoms with Crippen LogP contribution in [0, 0.1) is 11.6 Å². The van der Waals surface area contributed by atoms with Gasteiger partial charge in [-0.1, -0.05) is 0 Å². The lowest BCUT2D eigenvalue weighted by atomic mass is 10.0. The van der Waals surface area contributed by atoms with Crippen LogP contribution in [0.3, 0.4) is 0 Å². The van der Waals surface area contributed by atoms with E-state index < -0.39 is 17.7 Å². The summed E-state index contributed by atoms with van der Waals surface area (Å²) in [6, 6.07) is 5.75. The number of hydrogen-bond acceptors (Lipinski definition) is 2. The Kier molecular flexibility index (Phi) is 4.65. The first kappa shape index (κ1) is 14.6. The quantitative estimate of drug-likeness (QED) is 0.795. The molecule has 0 aliphatic heterocycles. The van der Waals surface area contributed by atoms with Crippen LogP contribution in [0.4, 0.5) is 8.78 Å². The first-order chi connectivity index (χ1) is 8.99. The van der Waals surface area contributed by atoms with Crippen LogP contribution in [0.1, 0.15) is 17.4 Å². The molecule has 2 aromatic rings. The molecule has 2 rings (SSSR count). The van der Waals surface area contributed by atoms with Crippen molar-refractivity contribution < 1.29 is 13.9 Å². The number of hydrogen-bond donors (Lipinski definition) is 1. The fourth-order valence-electron chi connectivity index (χ4n) is 1.64. The minimum atomic E-state index is -1.06. The normalized spacial score (nSPS) is 12.5. The van der Waals surface area contributed by atoms with Crippen LogP contribution in [-0.2, 0) is 6.42 Å². The van der Waals surface area contributed by atoms with E-state index in [1.54, 1.807) is 12.1 Å². The summed E-state index contributed by atoms with van der Waals surface area (Å²) in [4.78, 5) is 4.00. The summed E-state index contributed by atoms with van der Waals surface area (Å²) in [6.07, 6.45) is 0.282. The summed E-state index contributed by atoms with van der Waals surface area (Å²) in [5.41, 5.74) is 0.202. The van der Waals surface area contributed by atoms with Crippen molar-refractivity contribution >= 4 is 31.9 Å². The number of aliphatic hydroxyl groups is 1. The van der Waals surface area contributed by atoms with Gasteiger partial charge in [0, 0.05) is 22.7 Å². The van der Waals surface area contributed by atoms with E-state index in [0.717, 1.165) is 10.5 Å². The Morgan fingerprint density at radius 3 is 2.53 bits per heavy atom. The van der Waals surface area contributed by atoms with Gasteiger partial charge in [-0.2, -0.15) is 0 Å². The first-order valence-corrected chi connectivity index (χ1v) is 6.99. The number of nitrogens with zero attached hydrogens (tertiary/aromatic N) is 1. The van der Waals surface area contributed by atoms with Crippen LogP contribution >= 0.6 is 31.9 Å². The molecule has 1 unspecified atom stereocenters. The van der Waals surface area contributed by atoms with Gasteiger partial charge in [-0.05, 0) is 56.1 Å². The van der Waals surface area contributed by atoms with Gasteiger partial charge in [0.2, 0.25) is 0 Å². The van der Waals surface area contributed by atoms with E-state index in [9.17, 15) is 13.9 Å². The van der Waals surface area contributed by atoms with Gasteiger partial charge in [0.15, 0.2) is 0 Å². The molecular weight excluding hydrogens is 384 g/mol. The van der Waals surface area contributed by atoms with E-state index in [4.69, 9.17) is 0 Å². The molecule has 0 radical (unpaired) electrons. The Balaban J connectivity index is 2.26. The zero-order valence-corrected chi connectivity index (χ0v) is 12.7. The summed E-state index contributed by atoms with van der Waals surface area (Å²) in [6.45, 7) is 0. The van der Waals surface area contributed by atoms with Crippen LogP contribution in [0.15, 0.2) is 39.4 Å². The standard InChI is InChI=1S/C13H9Br2F2NO/c14-7-1-4-11(18-6-7)12(19)5-8-10(16)3-2-9(15)13(8)17/h1-4,6,12,19H,5H2. The van der Waals surface area contributed by atoms with Crippen molar-refractivity contribution in [3.8, 4) is 0 Å². The molecule has 100 valence electrons. The number of aliphatic hydroxyl groups excluding tert-OH is 1. The van der Waals surface area contributed by atoms with Crippen molar-refractivity contribution in [3.63, 3.8) is 0 Å².